The summed E-state index contributed by atoms with van der Waals surface area (Å²) in [6.45, 7) is 1.17. The van der Waals surface area contributed by atoms with Crippen molar-refractivity contribution in [2.45, 2.75) is 25.3 Å². The van der Waals surface area contributed by atoms with Crippen LogP contribution >= 0.6 is 22.6 Å². The molecule has 1 unspecified atom stereocenters. The summed E-state index contributed by atoms with van der Waals surface area (Å²) in [6, 6.07) is 2.80. The summed E-state index contributed by atoms with van der Waals surface area (Å²) in [5.41, 5.74) is 1.35. The highest BCUT2D eigenvalue weighted by molar-refractivity contribution is 14.1. The van der Waals surface area contributed by atoms with E-state index in [1.807, 2.05) is 0 Å². The minimum Gasteiger partial charge on any atom is -0.363 e. The first kappa shape index (κ1) is 8.56. The highest BCUT2D eigenvalue weighted by atomic mass is 127. The molecular formula is C9H13IN2. The summed E-state index contributed by atoms with van der Waals surface area (Å²) in [5, 5.41) is 3.51. The van der Waals surface area contributed by atoms with E-state index in [-0.39, 0.29) is 0 Å². The molecule has 0 aromatic carbocycles. The van der Waals surface area contributed by atoms with Crippen LogP contribution in [0.25, 0.3) is 0 Å². The SMILES string of the molecule is Ic1c[nH]c(C2CCCCN2)c1. The molecule has 66 valence electrons. The number of rotatable bonds is 1. The van der Waals surface area contributed by atoms with Crippen molar-refractivity contribution >= 4 is 22.6 Å². The first-order valence-electron chi connectivity index (χ1n) is 4.43. The van der Waals surface area contributed by atoms with E-state index in [2.05, 4.69) is 45.2 Å². The molecule has 1 saturated heterocycles. The van der Waals surface area contributed by atoms with Crippen molar-refractivity contribution in [1.82, 2.24) is 10.3 Å². The van der Waals surface area contributed by atoms with Gasteiger partial charge in [-0.3, -0.25) is 0 Å². The van der Waals surface area contributed by atoms with Gasteiger partial charge in [0.25, 0.3) is 0 Å². The molecule has 1 aliphatic rings. The number of aromatic nitrogens is 1. The van der Waals surface area contributed by atoms with Crippen molar-refractivity contribution in [3.05, 3.63) is 21.5 Å². The molecule has 1 fully saturated rings. The van der Waals surface area contributed by atoms with E-state index in [1.54, 1.807) is 0 Å². The van der Waals surface area contributed by atoms with E-state index < -0.39 is 0 Å². The van der Waals surface area contributed by atoms with Crippen LogP contribution in [0.1, 0.15) is 31.0 Å². The molecule has 0 bridgehead atoms. The molecule has 0 radical (unpaired) electrons. The van der Waals surface area contributed by atoms with Crippen molar-refractivity contribution < 1.29 is 0 Å². The zero-order valence-corrected chi connectivity index (χ0v) is 9.10. The Kier molecular flexibility index (Phi) is 2.70. The summed E-state index contributed by atoms with van der Waals surface area (Å²) >= 11 is 2.34. The molecule has 12 heavy (non-hydrogen) atoms. The smallest absolute Gasteiger partial charge is 0.0473 e. The van der Waals surface area contributed by atoms with Gasteiger partial charge >= 0.3 is 0 Å². The molecule has 3 heteroatoms. The number of piperidine rings is 1. The van der Waals surface area contributed by atoms with Crippen LogP contribution in [0.4, 0.5) is 0 Å². The first-order valence-corrected chi connectivity index (χ1v) is 5.51. The lowest BCUT2D eigenvalue weighted by molar-refractivity contribution is 0.406. The molecular weight excluding hydrogens is 263 g/mol. The van der Waals surface area contributed by atoms with Crippen LogP contribution < -0.4 is 5.32 Å². The van der Waals surface area contributed by atoms with E-state index in [0.29, 0.717) is 6.04 Å². The summed E-state index contributed by atoms with van der Waals surface area (Å²) < 4.78 is 1.30. The van der Waals surface area contributed by atoms with E-state index in [4.69, 9.17) is 0 Å². The van der Waals surface area contributed by atoms with Gasteiger partial charge in [0.2, 0.25) is 0 Å². The lowest BCUT2D eigenvalue weighted by Gasteiger charge is -2.22. The van der Waals surface area contributed by atoms with E-state index in [1.165, 1.54) is 35.1 Å². The van der Waals surface area contributed by atoms with Crippen LogP contribution in [-0.2, 0) is 0 Å². The topological polar surface area (TPSA) is 27.8 Å². The molecule has 2 N–H and O–H groups in total. The maximum Gasteiger partial charge on any atom is 0.0473 e. The van der Waals surface area contributed by atoms with Crippen molar-refractivity contribution in [2.24, 2.45) is 0 Å². The minimum atomic E-state index is 0.572. The summed E-state index contributed by atoms with van der Waals surface area (Å²) in [5.74, 6) is 0. The van der Waals surface area contributed by atoms with Crippen molar-refractivity contribution in [3.63, 3.8) is 0 Å². The average molecular weight is 276 g/mol. The number of aromatic amines is 1. The lowest BCUT2D eigenvalue weighted by atomic mass is 10.0. The molecule has 0 aliphatic carbocycles. The average Bonchev–Trinajstić information content (AvgIpc) is 2.54. The number of hydrogen-bond donors (Lipinski definition) is 2. The number of hydrogen-bond acceptors (Lipinski definition) is 1. The molecule has 0 saturated carbocycles. The van der Waals surface area contributed by atoms with Crippen LogP contribution in [0.2, 0.25) is 0 Å². The van der Waals surface area contributed by atoms with Gasteiger partial charge in [-0.1, -0.05) is 6.42 Å². The maximum absolute atomic E-state index is 3.51. The van der Waals surface area contributed by atoms with Gasteiger partial charge in [-0.2, -0.15) is 0 Å². The van der Waals surface area contributed by atoms with Crippen LogP contribution in [-0.4, -0.2) is 11.5 Å². The van der Waals surface area contributed by atoms with Crippen LogP contribution in [0.5, 0.6) is 0 Å². The Hall–Kier alpha value is -0.0300. The number of nitrogens with one attached hydrogen (secondary N) is 2. The minimum absolute atomic E-state index is 0.572. The van der Waals surface area contributed by atoms with E-state index in [9.17, 15) is 0 Å². The van der Waals surface area contributed by atoms with Gasteiger partial charge in [0.15, 0.2) is 0 Å². The number of halogens is 1. The van der Waals surface area contributed by atoms with E-state index >= 15 is 0 Å². The van der Waals surface area contributed by atoms with Gasteiger partial charge in [0.05, 0.1) is 0 Å². The Morgan fingerprint density at radius 3 is 2.92 bits per heavy atom. The van der Waals surface area contributed by atoms with Gasteiger partial charge < -0.3 is 10.3 Å². The largest absolute Gasteiger partial charge is 0.363 e. The van der Waals surface area contributed by atoms with Gasteiger partial charge in [-0.05, 0) is 48.0 Å². The second-order valence-corrected chi connectivity index (χ2v) is 4.52. The Morgan fingerprint density at radius 2 is 2.33 bits per heavy atom. The molecule has 2 nitrogen and oxygen atoms in total. The molecule has 0 spiro atoms. The third-order valence-electron chi connectivity index (χ3n) is 2.36. The predicted octanol–water partition coefficient (Wildman–Crippen LogP) is 2.43. The second-order valence-electron chi connectivity index (χ2n) is 3.28. The third kappa shape index (κ3) is 1.82. The molecule has 1 aromatic rings. The molecule has 1 aromatic heterocycles. The maximum atomic E-state index is 3.51. The van der Waals surface area contributed by atoms with Crippen LogP contribution in [0.3, 0.4) is 0 Å². The Bertz CT molecular complexity index is 251. The zero-order valence-electron chi connectivity index (χ0n) is 6.94. The van der Waals surface area contributed by atoms with Crippen molar-refractivity contribution in [3.8, 4) is 0 Å². The van der Waals surface area contributed by atoms with Gasteiger partial charge in [0, 0.05) is 21.5 Å². The quantitative estimate of drug-likeness (QED) is 0.757. The van der Waals surface area contributed by atoms with Crippen molar-refractivity contribution in [1.29, 1.82) is 0 Å². The number of H-pyrrole nitrogens is 1. The molecule has 1 aliphatic heterocycles. The highest BCUT2D eigenvalue weighted by Gasteiger charge is 2.15. The lowest BCUT2D eigenvalue weighted by Crippen LogP contribution is -2.26. The Labute approximate surface area is 86.3 Å². The zero-order chi connectivity index (χ0) is 8.39. The predicted molar refractivity (Wildman–Crippen MR) is 58.1 cm³/mol. The fraction of sp³-hybridized carbons (Fsp3) is 0.556. The van der Waals surface area contributed by atoms with Gasteiger partial charge in [-0.25, -0.2) is 0 Å². The van der Waals surface area contributed by atoms with Gasteiger partial charge in [-0.15, -0.1) is 0 Å². The normalized spacial score (nSPS) is 24.2. The second kappa shape index (κ2) is 3.79. The Balaban J connectivity index is 2.08. The molecule has 1 atom stereocenters. The third-order valence-corrected chi connectivity index (χ3v) is 2.98. The summed E-state index contributed by atoms with van der Waals surface area (Å²) in [4.78, 5) is 3.31. The molecule has 0 amide bonds. The van der Waals surface area contributed by atoms with Crippen molar-refractivity contribution in [2.75, 3.05) is 6.54 Å². The monoisotopic (exact) mass is 276 g/mol. The fourth-order valence-corrected chi connectivity index (χ4v) is 2.19. The standard InChI is InChI=1S/C9H13IN2/c10-7-5-9(12-6-7)8-3-1-2-4-11-8/h5-6,8,11-12H,1-4H2. The summed E-state index contributed by atoms with van der Waals surface area (Å²) in [7, 11) is 0. The fourth-order valence-electron chi connectivity index (χ4n) is 1.70. The van der Waals surface area contributed by atoms with E-state index in [0.717, 1.165) is 0 Å². The highest BCUT2D eigenvalue weighted by Crippen LogP contribution is 2.22. The Morgan fingerprint density at radius 1 is 1.42 bits per heavy atom. The summed E-state index contributed by atoms with van der Waals surface area (Å²) in [6.07, 6.45) is 6.02. The molecule has 2 rings (SSSR count). The van der Waals surface area contributed by atoms with Crippen LogP contribution in [0.15, 0.2) is 12.3 Å². The molecule has 2 heterocycles. The van der Waals surface area contributed by atoms with Crippen LogP contribution in [0, 0.1) is 3.57 Å². The first-order chi connectivity index (χ1) is 5.86. The van der Waals surface area contributed by atoms with Gasteiger partial charge in [0.1, 0.15) is 0 Å².